The number of aliphatic hydroxyl groups is 1. The van der Waals surface area contributed by atoms with Crippen molar-refractivity contribution in [3.8, 4) is 0 Å². The standard InChI is InChI=1S/C67H120N12O15/c1-26-28-31-43(13)56(81)55-60(85)70-47(27-2)62(87)73(19)37-51(80)77(23)54(46(16)93-32-29-30-33-94-67(92)72(17)18)59(84)71-52(41(9)10)65(90)74(20)48(34-38(3)4)58(83)68-44(14)57(82)69-45(15)61(86)75(21)49(35-39(5)6)63(88)76(22)50(36-40(7)8)64(89)78(24)53(42(11)12)66(91)79(55)25/h26,28,38-50,52-56,81H,27,29-37H2,1-25H3,(H,68,83)(H,69,82)(H,70,85)(H,71,84)/t43-,44+,45-,46-,47+,48+,49+,50+,52+,53+,54+,55+,56-/m1/s1. The number of hydrogen-bond acceptors (Lipinski definition) is 15. The summed E-state index contributed by atoms with van der Waals surface area (Å²) in [6.45, 7) is 26.9. The summed E-state index contributed by atoms with van der Waals surface area (Å²) in [7, 11) is 12.8. The van der Waals surface area contributed by atoms with Crippen molar-refractivity contribution in [3.63, 3.8) is 0 Å². The van der Waals surface area contributed by atoms with Crippen molar-refractivity contribution in [1.82, 2.24) is 60.5 Å². The van der Waals surface area contributed by atoms with Gasteiger partial charge in [0.05, 0.1) is 25.4 Å². The molecule has 1 fully saturated rings. The van der Waals surface area contributed by atoms with E-state index in [1.807, 2.05) is 41.5 Å². The van der Waals surface area contributed by atoms with Crippen LogP contribution in [0.25, 0.3) is 0 Å². The van der Waals surface area contributed by atoms with Gasteiger partial charge < -0.3 is 75.0 Å². The van der Waals surface area contributed by atoms with Crippen molar-refractivity contribution in [3.05, 3.63) is 12.2 Å². The number of likely N-dealkylation sites (N-methyl/N-ethyl adjacent to an activating group) is 7. The second-order valence-corrected chi connectivity index (χ2v) is 27.7. The predicted molar refractivity (Wildman–Crippen MR) is 359 cm³/mol. The Labute approximate surface area is 560 Å². The van der Waals surface area contributed by atoms with Crippen LogP contribution in [-0.2, 0) is 62.2 Å². The van der Waals surface area contributed by atoms with E-state index in [9.17, 15) is 48.3 Å². The van der Waals surface area contributed by atoms with Gasteiger partial charge in [0, 0.05) is 70.0 Å². The maximum absolute atomic E-state index is 15.2. The molecule has 94 heavy (non-hydrogen) atoms. The van der Waals surface area contributed by atoms with Gasteiger partial charge in [-0.1, -0.05) is 95.2 Å². The Kier molecular flexibility index (Phi) is 36.1. The number of nitrogens with zero attached hydrogens (tertiary/aromatic N) is 8. The SMILES string of the molecule is CC=CC[C@@H](C)[C@@H](O)[C@H]1C(=O)N[C@@H](CC)C(=O)N(C)CC(=O)N(C)[C@@H]([C@@H](C)OCCCCOC(=O)N(C)C)C(=O)N[C@@H](C(C)C)C(=O)N(C)[C@@H](CC(C)C)C(=O)N[C@@H](C)C(=O)N[C@H](C)C(=O)N(C)[C@@H](CC(C)C)C(=O)N(C)[C@@H](CC(C)C)C(=O)N(C)[C@@H](C(C)C)C(=O)N1C. The zero-order valence-corrected chi connectivity index (χ0v) is 61.4. The summed E-state index contributed by atoms with van der Waals surface area (Å²) >= 11 is 0. The molecular formula is C67H120N12O15. The van der Waals surface area contributed by atoms with Crippen molar-refractivity contribution in [2.24, 2.45) is 35.5 Å². The number of aliphatic hydroxyl groups excluding tert-OH is 1. The molecule has 0 unspecified atom stereocenters. The van der Waals surface area contributed by atoms with Gasteiger partial charge in [-0.15, -0.1) is 0 Å². The molecule has 1 heterocycles. The number of hydrogen-bond donors (Lipinski definition) is 5. The smallest absolute Gasteiger partial charge is 0.409 e. The first-order valence-electron chi connectivity index (χ1n) is 33.3. The van der Waals surface area contributed by atoms with E-state index in [0.29, 0.717) is 12.8 Å². The van der Waals surface area contributed by atoms with Crippen molar-refractivity contribution < 1.29 is 72.1 Å². The fourth-order valence-electron chi connectivity index (χ4n) is 11.3. The summed E-state index contributed by atoms with van der Waals surface area (Å²) in [5.41, 5.74) is 0. The fourth-order valence-corrected chi connectivity index (χ4v) is 11.3. The molecule has 13 atom stereocenters. The molecule has 0 aromatic heterocycles. The Morgan fingerprint density at radius 2 is 1.01 bits per heavy atom. The average molecular weight is 1330 g/mol. The third-order valence-electron chi connectivity index (χ3n) is 17.3. The lowest BCUT2D eigenvalue weighted by atomic mass is 9.91. The van der Waals surface area contributed by atoms with Crippen LogP contribution in [0, 0.1) is 35.5 Å². The number of carbonyl (C=O) groups excluding carboxylic acids is 12. The van der Waals surface area contributed by atoms with E-state index < -0.39 is 168 Å². The minimum Gasteiger partial charge on any atom is -0.449 e. The van der Waals surface area contributed by atoms with Gasteiger partial charge >= 0.3 is 6.09 Å². The molecule has 0 aliphatic carbocycles. The van der Waals surface area contributed by atoms with Crippen molar-refractivity contribution in [2.45, 2.75) is 228 Å². The van der Waals surface area contributed by atoms with Gasteiger partial charge in [-0.2, -0.15) is 0 Å². The maximum Gasteiger partial charge on any atom is 0.409 e. The van der Waals surface area contributed by atoms with Gasteiger partial charge in [0.2, 0.25) is 65.0 Å². The second kappa shape index (κ2) is 39.8. The van der Waals surface area contributed by atoms with Crippen molar-refractivity contribution >= 4 is 71.1 Å². The van der Waals surface area contributed by atoms with Crippen LogP contribution >= 0.6 is 0 Å². The Morgan fingerprint density at radius 3 is 1.50 bits per heavy atom. The Hall–Kier alpha value is -6.90. The van der Waals surface area contributed by atoms with Gasteiger partial charge in [-0.3, -0.25) is 52.7 Å². The molecule has 0 aromatic carbocycles. The molecule has 1 aliphatic heterocycles. The predicted octanol–water partition coefficient (Wildman–Crippen LogP) is 3.11. The monoisotopic (exact) mass is 1330 g/mol. The van der Waals surface area contributed by atoms with Crippen molar-refractivity contribution in [1.29, 1.82) is 0 Å². The van der Waals surface area contributed by atoms with Gasteiger partial charge in [0.25, 0.3) is 0 Å². The molecule has 0 radical (unpaired) electrons. The van der Waals surface area contributed by atoms with E-state index in [4.69, 9.17) is 9.47 Å². The quantitative estimate of drug-likeness (QED) is 0.0864. The molecule has 27 nitrogen and oxygen atoms in total. The highest BCUT2D eigenvalue weighted by Gasteiger charge is 2.46. The Morgan fingerprint density at radius 1 is 0.543 bits per heavy atom. The van der Waals surface area contributed by atoms with Gasteiger partial charge in [0.1, 0.15) is 60.4 Å². The molecule has 27 heteroatoms. The normalized spacial score (nSPS) is 25.6. The van der Waals surface area contributed by atoms with Crippen LogP contribution < -0.4 is 21.3 Å². The van der Waals surface area contributed by atoms with Crippen molar-refractivity contribution in [2.75, 3.05) is 83.2 Å². The summed E-state index contributed by atoms with van der Waals surface area (Å²) in [6.07, 6.45) is 1.81. The highest BCUT2D eigenvalue weighted by Crippen LogP contribution is 2.26. The summed E-state index contributed by atoms with van der Waals surface area (Å²) in [4.78, 5) is 184. The first-order valence-corrected chi connectivity index (χ1v) is 33.3. The third kappa shape index (κ3) is 24.7. The molecule has 5 N–H and O–H groups in total. The first-order chi connectivity index (χ1) is 43.5. The van der Waals surface area contributed by atoms with E-state index >= 15 is 14.4 Å². The molecule has 12 amide bonds. The zero-order chi connectivity index (χ0) is 72.7. The maximum atomic E-state index is 15.2. The van der Waals surface area contributed by atoms with Gasteiger partial charge in [0.15, 0.2) is 0 Å². The Balaban J connectivity index is 4.37. The van der Waals surface area contributed by atoms with Crippen LogP contribution in [0.5, 0.6) is 0 Å². The molecular weight excluding hydrogens is 1210 g/mol. The summed E-state index contributed by atoms with van der Waals surface area (Å²) < 4.78 is 11.4. The van der Waals surface area contributed by atoms with E-state index in [0.717, 1.165) is 14.7 Å². The number of nitrogens with one attached hydrogen (secondary N) is 4. The van der Waals surface area contributed by atoms with Crippen LogP contribution in [0.2, 0.25) is 0 Å². The molecule has 1 aliphatic rings. The topological polar surface area (TPSA) is 318 Å². The lowest BCUT2D eigenvalue weighted by Crippen LogP contribution is -2.63. The summed E-state index contributed by atoms with van der Waals surface area (Å²) in [5, 5.41) is 23.1. The zero-order valence-electron chi connectivity index (χ0n) is 61.4. The molecule has 1 saturated heterocycles. The molecule has 0 saturated carbocycles. The van der Waals surface area contributed by atoms with Crippen LogP contribution in [-0.4, -0.2) is 271 Å². The minimum atomic E-state index is -1.65. The van der Waals surface area contributed by atoms with E-state index in [1.54, 1.807) is 81.6 Å². The molecule has 538 valence electrons. The number of unbranched alkanes of at least 4 members (excludes halogenated alkanes) is 1. The second-order valence-electron chi connectivity index (χ2n) is 27.7. The van der Waals surface area contributed by atoms with Crippen LogP contribution in [0.4, 0.5) is 4.79 Å². The third-order valence-corrected chi connectivity index (χ3v) is 17.3. The highest BCUT2D eigenvalue weighted by atomic mass is 16.6. The van der Waals surface area contributed by atoms with E-state index in [1.165, 1.54) is 87.7 Å². The molecule has 0 aromatic rings. The number of allylic oxidation sites excluding steroid dienone is 2. The van der Waals surface area contributed by atoms with Crippen LogP contribution in [0.15, 0.2) is 12.2 Å². The first kappa shape index (κ1) is 85.1. The van der Waals surface area contributed by atoms with Crippen LogP contribution in [0.1, 0.15) is 156 Å². The summed E-state index contributed by atoms with van der Waals surface area (Å²) in [6, 6.07) is -13.1. The number of carbonyl (C=O) groups is 12. The fraction of sp³-hybridized carbons (Fsp3) is 0.791. The number of rotatable bonds is 20. The molecule has 1 rings (SSSR count). The van der Waals surface area contributed by atoms with Gasteiger partial charge in [-0.25, -0.2) is 4.79 Å². The largest absolute Gasteiger partial charge is 0.449 e. The van der Waals surface area contributed by atoms with E-state index in [2.05, 4.69) is 21.3 Å². The number of ether oxygens (including phenoxy) is 2. The summed E-state index contributed by atoms with van der Waals surface area (Å²) in [5.74, 6) is -10.4. The lowest BCUT2D eigenvalue weighted by Gasteiger charge is -2.41. The Bertz CT molecular complexity index is 2580. The molecule has 0 spiro atoms. The van der Waals surface area contributed by atoms with Crippen LogP contribution in [0.3, 0.4) is 0 Å². The average Bonchev–Trinajstić information content (AvgIpc) is 0.809. The van der Waals surface area contributed by atoms with Gasteiger partial charge in [-0.05, 0) is 108 Å². The highest BCUT2D eigenvalue weighted by molar-refractivity contribution is 5.99. The number of amides is 12. The lowest BCUT2D eigenvalue weighted by molar-refractivity contribution is -0.157. The minimum absolute atomic E-state index is 0.0269. The van der Waals surface area contributed by atoms with E-state index in [-0.39, 0.29) is 63.1 Å². The molecule has 0 bridgehead atoms.